The van der Waals surface area contributed by atoms with Gasteiger partial charge in [0.2, 0.25) is 0 Å². The fraction of sp³-hybridized carbons (Fsp3) is 0.733. The molecular formula is C15H26N2S. The van der Waals surface area contributed by atoms with Crippen LogP contribution >= 0.6 is 11.3 Å². The van der Waals surface area contributed by atoms with Crippen molar-refractivity contribution in [3.05, 3.63) is 22.4 Å². The van der Waals surface area contributed by atoms with Gasteiger partial charge < -0.3 is 10.2 Å². The summed E-state index contributed by atoms with van der Waals surface area (Å²) in [6.45, 7) is 3.36. The van der Waals surface area contributed by atoms with Crippen molar-refractivity contribution in [3.63, 3.8) is 0 Å². The standard InChI is InChI=1S/C15H26N2S/c1-12(17(2)3)11-16-15(13-7-4-5-8-13)14-9-6-10-18-14/h6,9-10,12-13,15-16H,4-5,7-8,11H2,1-3H3. The maximum absolute atomic E-state index is 3.81. The van der Waals surface area contributed by atoms with Crippen LogP contribution in [0.4, 0.5) is 0 Å². The monoisotopic (exact) mass is 266 g/mol. The van der Waals surface area contributed by atoms with Gasteiger partial charge in [-0.3, -0.25) is 0 Å². The summed E-state index contributed by atoms with van der Waals surface area (Å²) in [5.41, 5.74) is 0. The first-order chi connectivity index (χ1) is 8.68. The molecule has 1 aromatic rings. The zero-order chi connectivity index (χ0) is 13.0. The van der Waals surface area contributed by atoms with Gasteiger partial charge in [0.1, 0.15) is 0 Å². The van der Waals surface area contributed by atoms with E-state index in [0.29, 0.717) is 12.1 Å². The smallest absolute Gasteiger partial charge is 0.0443 e. The molecule has 1 aliphatic rings. The van der Waals surface area contributed by atoms with Gasteiger partial charge in [-0.1, -0.05) is 18.9 Å². The highest BCUT2D eigenvalue weighted by Gasteiger charge is 2.27. The lowest BCUT2D eigenvalue weighted by Gasteiger charge is -2.27. The lowest BCUT2D eigenvalue weighted by molar-refractivity contribution is 0.274. The number of rotatable bonds is 6. The van der Waals surface area contributed by atoms with Crippen LogP contribution in [0.25, 0.3) is 0 Å². The largest absolute Gasteiger partial charge is 0.307 e. The van der Waals surface area contributed by atoms with Crippen LogP contribution in [-0.2, 0) is 0 Å². The Kier molecular flexibility index (Phi) is 5.22. The Balaban J connectivity index is 1.97. The van der Waals surface area contributed by atoms with Gasteiger partial charge in [-0.15, -0.1) is 11.3 Å². The molecule has 1 aromatic heterocycles. The Morgan fingerprint density at radius 2 is 2.11 bits per heavy atom. The third-order valence-electron chi connectivity index (χ3n) is 4.24. The van der Waals surface area contributed by atoms with E-state index in [1.807, 2.05) is 11.3 Å². The first kappa shape index (κ1) is 14.0. The molecule has 1 heterocycles. The van der Waals surface area contributed by atoms with E-state index in [-0.39, 0.29) is 0 Å². The van der Waals surface area contributed by atoms with Crippen molar-refractivity contribution >= 4 is 11.3 Å². The van der Waals surface area contributed by atoms with Gasteiger partial charge in [0, 0.05) is 23.5 Å². The fourth-order valence-corrected chi connectivity index (χ4v) is 3.63. The number of hydrogen-bond donors (Lipinski definition) is 1. The summed E-state index contributed by atoms with van der Waals surface area (Å²) in [6, 6.07) is 5.64. The average molecular weight is 266 g/mol. The molecule has 102 valence electrons. The molecule has 2 atom stereocenters. The summed E-state index contributed by atoms with van der Waals surface area (Å²) < 4.78 is 0. The number of thiophene rings is 1. The molecular weight excluding hydrogens is 240 g/mol. The third-order valence-corrected chi connectivity index (χ3v) is 5.19. The van der Waals surface area contributed by atoms with Gasteiger partial charge in [0.25, 0.3) is 0 Å². The number of hydrogen-bond acceptors (Lipinski definition) is 3. The Labute approximate surface area is 115 Å². The molecule has 2 nitrogen and oxygen atoms in total. The van der Waals surface area contributed by atoms with Gasteiger partial charge in [0.05, 0.1) is 0 Å². The van der Waals surface area contributed by atoms with Gasteiger partial charge >= 0.3 is 0 Å². The zero-order valence-corrected chi connectivity index (χ0v) is 12.7. The molecule has 0 radical (unpaired) electrons. The van der Waals surface area contributed by atoms with E-state index < -0.39 is 0 Å². The minimum Gasteiger partial charge on any atom is -0.307 e. The predicted octanol–water partition coefficient (Wildman–Crippen LogP) is 3.52. The first-order valence-electron chi connectivity index (χ1n) is 7.11. The van der Waals surface area contributed by atoms with E-state index >= 15 is 0 Å². The number of nitrogens with zero attached hydrogens (tertiary/aromatic N) is 1. The van der Waals surface area contributed by atoms with E-state index in [2.05, 4.69) is 48.7 Å². The summed E-state index contributed by atoms with van der Waals surface area (Å²) in [7, 11) is 4.31. The molecule has 2 unspecified atom stereocenters. The normalized spacial score (nSPS) is 20.4. The second-order valence-corrected chi connectivity index (χ2v) is 6.74. The van der Waals surface area contributed by atoms with Crippen molar-refractivity contribution in [2.45, 2.75) is 44.7 Å². The second kappa shape index (κ2) is 6.69. The van der Waals surface area contributed by atoms with Crippen molar-refractivity contribution in [2.24, 2.45) is 5.92 Å². The van der Waals surface area contributed by atoms with E-state index in [0.717, 1.165) is 12.5 Å². The minimum atomic E-state index is 0.579. The number of nitrogens with one attached hydrogen (secondary N) is 1. The maximum Gasteiger partial charge on any atom is 0.0443 e. The van der Waals surface area contributed by atoms with Crippen LogP contribution in [0, 0.1) is 5.92 Å². The van der Waals surface area contributed by atoms with Crippen LogP contribution in [0.1, 0.15) is 43.5 Å². The average Bonchev–Trinajstić information content (AvgIpc) is 3.01. The SMILES string of the molecule is CC(CNC(c1cccs1)C1CCCC1)N(C)C. The maximum atomic E-state index is 3.81. The van der Waals surface area contributed by atoms with Crippen molar-refractivity contribution < 1.29 is 0 Å². The molecule has 1 saturated carbocycles. The van der Waals surface area contributed by atoms with Crippen molar-refractivity contribution in [3.8, 4) is 0 Å². The van der Waals surface area contributed by atoms with Crippen LogP contribution in [0.2, 0.25) is 0 Å². The van der Waals surface area contributed by atoms with E-state index in [1.54, 1.807) is 0 Å². The Hall–Kier alpha value is -0.380. The van der Waals surface area contributed by atoms with Crippen LogP contribution < -0.4 is 5.32 Å². The van der Waals surface area contributed by atoms with E-state index in [4.69, 9.17) is 0 Å². The molecule has 0 bridgehead atoms. The highest BCUT2D eigenvalue weighted by Crippen LogP contribution is 2.37. The van der Waals surface area contributed by atoms with E-state index in [9.17, 15) is 0 Å². The Bertz CT molecular complexity index is 328. The van der Waals surface area contributed by atoms with Crippen LogP contribution in [-0.4, -0.2) is 31.6 Å². The van der Waals surface area contributed by atoms with Crippen LogP contribution in [0.15, 0.2) is 17.5 Å². The fourth-order valence-electron chi connectivity index (χ4n) is 2.74. The molecule has 0 amide bonds. The van der Waals surface area contributed by atoms with Gasteiger partial charge in [-0.2, -0.15) is 0 Å². The van der Waals surface area contributed by atoms with Gasteiger partial charge in [0.15, 0.2) is 0 Å². The topological polar surface area (TPSA) is 15.3 Å². The Morgan fingerprint density at radius 3 is 2.67 bits per heavy atom. The summed E-state index contributed by atoms with van der Waals surface area (Å²) >= 11 is 1.90. The van der Waals surface area contributed by atoms with Gasteiger partial charge in [-0.25, -0.2) is 0 Å². The summed E-state index contributed by atoms with van der Waals surface area (Å²) in [5.74, 6) is 0.845. The molecule has 18 heavy (non-hydrogen) atoms. The summed E-state index contributed by atoms with van der Waals surface area (Å²) in [5, 5.41) is 6.02. The minimum absolute atomic E-state index is 0.579. The molecule has 0 saturated heterocycles. The molecule has 2 rings (SSSR count). The summed E-state index contributed by atoms with van der Waals surface area (Å²) in [6.07, 6.45) is 5.62. The van der Waals surface area contributed by atoms with Gasteiger partial charge in [-0.05, 0) is 51.2 Å². The molecule has 1 aliphatic carbocycles. The van der Waals surface area contributed by atoms with Crippen LogP contribution in [0.3, 0.4) is 0 Å². The van der Waals surface area contributed by atoms with Crippen LogP contribution in [0.5, 0.6) is 0 Å². The molecule has 3 heteroatoms. The molecule has 0 aromatic carbocycles. The molecule has 1 fully saturated rings. The quantitative estimate of drug-likeness (QED) is 0.847. The summed E-state index contributed by atoms with van der Waals surface area (Å²) in [4.78, 5) is 3.81. The highest BCUT2D eigenvalue weighted by atomic mass is 32.1. The highest BCUT2D eigenvalue weighted by molar-refractivity contribution is 7.10. The van der Waals surface area contributed by atoms with Crippen molar-refractivity contribution in [1.82, 2.24) is 10.2 Å². The molecule has 0 spiro atoms. The van der Waals surface area contributed by atoms with Crippen molar-refractivity contribution in [1.29, 1.82) is 0 Å². The first-order valence-corrected chi connectivity index (χ1v) is 7.99. The number of likely N-dealkylation sites (N-methyl/N-ethyl adjacent to an activating group) is 1. The molecule has 0 aliphatic heterocycles. The molecule has 1 N–H and O–H groups in total. The van der Waals surface area contributed by atoms with Crippen molar-refractivity contribution in [2.75, 3.05) is 20.6 Å². The lowest BCUT2D eigenvalue weighted by Crippen LogP contribution is -2.38. The third kappa shape index (κ3) is 3.56. The lowest BCUT2D eigenvalue weighted by atomic mass is 9.96. The zero-order valence-electron chi connectivity index (χ0n) is 11.9. The second-order valence-electron chi connectivity index (χ2n) is 5.76. The Morgan fingerprint density at radius 1 is 1.39 bits per heavy atom. The van der Waals surface area contributed by atoms with E-state index in [1.165, 1.54) is 30.6 Å². The predicted molar refractivity (Wildman–Crippen MR) is 80.2 cm³/mol.